The molecule has 0 saturated heterocycles. The predicted octanol–water partition coefficient (Wildman–Crippen LogP) is 2.08. The van der Waals surface area contributed by atoms with Gasteiger partial charge in [-0.25, -0.2) is 4.39 Å². The van der Waals surface area contributed by atoms with Crippen molar-refractivity contribution >= 4 is 5.69 Å². The van der Waals surface area contributed by atoms with Crippen molar-refractivity contribution in [2.75, 3.05) is 7.05 Å². The van der Waals surface area contributed by atoms with E-state index in [1.807, 2.05) is 0 Å². The van der Waals surface area contributed by atoms with E-state index in [1.54, 1.807) is 7.05 Å². The van der Waals surface area contributed by atoms with E-state index in [0.29, 0.717) is 12.8 Å². The lowest BCUT2D eigenvalue weighted by Crippen LogP contribution is -2.27. The summed E-state index contributed by atoms with van der Waals surface area (Å²) in [5, 5.41) is 13.4. The van der Waals surface area contributed by atoms with E-state index < -0.39 is 27.8 Å². The lowest BCUT2D eigenvalue weighted by atomic mass is 10.0. The summed E-state index contributed by atoms with van der Waals surface area (Å²) in [5.74, 6) is -1.81. The summed E-state index contributed by atoms with van der Waals surface area (Å²) in [6.45, 7) is 0. The first-order valence-corrected chi connectivity index (χ1v) is 4.83. The van der Waals surface area contributed by atoms with Gasteiger partial charge in [-0.1, -0.05) is 0 Å². The van der Waals surface area contributed by atoms with Crippen LogP contribution in [0.3, 0.4) is 0 Å². The summed E-state index contributed by atoms with van der Waals surface area (Å²) >= 11 is 0. The molecule has 1 aromatic rings. The fourth-order valence-corrected chi connectivity index (χ4v) is 1.87. The fourth-order valence-electron chi connectivity index (χ4n) is 1.87. The van der Waals surface area contributed by atoms with Gasteiger partial charge in [0.25, 0.3) is 0 Å². The van der Waals surface area contributed by atoms with Crippen molar-refractivity contribution in [2.24, 2.45) is 0 Å². The van der Waals surface area contributed by atoms with Gasteiger partial charge in [0.1, 0.15) is 5.82 Å². The average molecular weight is 228 g/mol. The number of hydrogen-bond donors (Lipinski definition) is 1. The van der Waals surface area contributed by atoms with Crippen LogP contribution in [0, 0.1) is 21.7 Å². The SMILES string of the molecule is CNC1(c2c(F)ccc([N+](=O)[O-])c2F)CC1. The number of rotatable bonds is 3. The molecular weight excluding hydrogens is 218 g/mol. The lowest BCUT2D eigenvalue weighted by Gasteiger charge is -2.15. The molecule has 0 radical (unpaired) electrons. The maximum absolute atomic E-state index is 13.8. The van der Waals surface area contributed by atoms with Crippen molar-refractivity contribution in [3.05, 3.63) is 39.4 Å². The summed E-state index contributed by atoms with van der Waals surface area (Å²) in [4.78, 5) is 9.70. The molecule has 0 bridgehead atoms. The summed E-state index contributed by atoms with van der Waals surface area (Å²) < 4.78 is 27.3. The fraction of sp³-hybridized carbons (Fsp3) is 0.400. The number of hydrogen-bond acceptors (Lipinski definition) is 3. The molecular formula is C10H10F2N2O2. The number of nitrogens with one attached hydrogen (secondary N) is 1. The van der Waals surface area contributed by atoms with Gasteiger partial charge in [-0.3, -0.25) is 10.1 Å². The molecule has 1 saturated carbocycles. The van der Waals surface area contributed by atoms with E-state index in [-0.39, 0.29) is 5.56 Å². The third-order valence-electron chi connectivity index (χ3n) is 2.97. The Morgan fingerprint density at radius 2 is 2.06 bits per heavy atom. The summed E-state index contributed by atoms with van der Waals surface area (Å²) in [6.07, 6.45) is 1.16. The second-order valence-electron chi connectivity index (χ2n) is 3.84. The Hall–Kier alpha value is -1.56. The Balaban J connectivity index is 2.60. The molecule has 0 aromatic heterocycles. The smallest absolute Gasteiger partial charge is 0.305 e. The van der Waals surface area contributed by atoms with Crippen LogP contribution in [0.1, 0.15) is 18.4 Å². The van der Waals surface area contributed by atoms with Crippen LogP contribution in [0.4, 0.5) is 14.5 Å². The first-order chi connectivity index (χ1) is 7.52. The van der Waals surface area contributed by atoms with Crippen molar-refractivity contribution in [3.63, 3.8) is 0 Å². The highest BCUT2D eigenvalue weighted by Gasteiger charge is 2.48. The maximum atomic E-state index is 13.8. The topological polar surface area (TPSA) is 55.2 Å². The molecule has 0 atom stereocenters. The van der Waals surface area contributed by atoms with Crippen molar-refractivity contribution in [2.45, 2.75) is 18.4 Å². The van der Waals surface area contributed by atoms with E-state index in [9.17, 15) is 18.9 Å². The first kappa shape index (κ1) is 10.9. The van der Waals surface area contributed by atoms with Gasteiger partial charge < -0.3 is 5.32 Å². The third kappa shape index (κ3) is 1.46. The van der Waals surface area contributed by atoms with Crippen molar-refractivity contribution in [1.29, 1.82) is 0 Å². The second-order valence-corrected chi connectivity index (χ2v) is 3.84. The molecule has 1 aliphatic rings. The van der Waals surface area contributed by atoms with Crippen LogP contribution >= 0.6 is 0 Å². The molecule has 1 fully saturated rings. The van der Waals surface area contributed by atoms with E-state index >= 15 is 0 Å². The Morgan fingerprint density at radius 1 is 1.44 bits per heavy atom. The third-order valence-corrected chi connectivity index (χ3v) is 2.97. The molecule has 6 heteroatoms. The molecule has 0 amide bonds. The van der Waals surface area contributed by atoms with Gasteiger partial charge in [-0.05, 0) is 26.0 Å². The normalized spacial score (nSPS) is 17.2. The van der Waals surface area contributed by atoms with Crippen LogP contribution in [0.5, 0.6) is 0 Å². The summed E-state index contributed by atoms with van der Waals surface area (Å²) in [5.41, 5.74) is -1.66. The Morgan fingerprint density at radius 3 is 2.50 bits per heavy atom. The number of nitro groups is 1. The summed E-state index contributed by atoms with van der Waals surface area (Å²) in [7, 11) is 1.59. The summed E-state index contributed by atoms with van der Waals surface area (Å²) in [6, 6.07) is 1.79. The minimum atomic E-state index is -1.07. The van der Waals surface area contributed by atoms with Gasteiger partial charge in [0.2, 0.25) is 5.82 Å². The molecule has 86 valence electrons. The Labute approximate surface area is 90.4 Å². The lowest BCUT2D eigenvalue weighted by molar-refractivity contribution is -0.387. The molecule has 2 rings (SSSR count). The number of benzene rings is 1. The zero-order chi connectivity index (χ0) is 11.9. The number of nitro benzene ring substituents is 1. The number of halogens is 2. The van der Waals surface area contributed by atoms with Crippen LogP contribution in [0.2, 0.25) is 0 Å². The first-order valence-electron chi connectivity index (χ1n) is 4.83. The van der Waals surface area contributed by atoms with Crippen molar-refractivity contribution in [1.82, 2.24) is 5.32 Å². The highest BCUT2D eigenvalue weighted by Crippen LogP contribution is 2.48. The van der Waals surface area contributed by atoms with E-state index in [0.717, 1.165) is 12.1 Å². The molecule has 1 aliphatic carbocycles. The van der Waals surface area contributed by atoms with Crippen molar-refractivity contribution in [3.8, 4) is 0 Å². The minimum absolute atomic E-state index is 0.218. The Bertz CT molecular complexity index is 458. The van der Waals surface area contributed by atoms with E-state index in [2.05, 4.69) is 5.32 Å². The van der Waals surface area contributed by atoms with Crippen LogP contribution in [-0.4, -0.2) is 12.0 Å². The molecule has 4 nitrogen and oxygen atoms in total. The monoisotopic (exact) mass is 228 g/mol. The van der Waals surface area contributed by atoms with Gasteiger partial charge in [0.05, 0.1) is 10.5 Å². The van der Waals surface area contributed by atoms with Gasteiger partial charge >= 0.3 is 5.69 Å². The van der Waals surface area contributed by atoms with Crippen LogP contribution in [0.15, 0.2) is 12.1 Å². The van der Waals surface area contributed by atoms with E-state index in [4.69, 9.17) is 0 Å². The minimum Gasteiger partial charge on any atom is -0.310 e. The number of nitrogens with zero attached hydrogens (tertiary/aromatic N) is 1. The van der Waals surface area contributed by atoms with Gasteiger partial charge in [0, 0.05) is 11.6 Å². The molecule has 0 aliphatic heterocycles. The maximum Gasteiger partial charge on any atom is 0.305 e. The van der Waals surface area contributed by atoms with Crippen LogP contribution < -0.4 is 5.32 Å². The molecule has 0 heterocycles. The van der Waals surface area contributed by atoms with Gasteiger partial charge in [-0.15, -0.1) is 0 Å². The van der Waals surface area contributed by atoms with Crippen LogP contribution in [-0.2, 0) is 5.54 Å². The second kappa shape index (κ2) is 3.48. The molecule has 16 heavy (non-hydrogen) atoms. The van der Waals surface area contributed by atoms with Crippen molar-refractivity contribution < 1.29 is 13.7 Å². The zero-order valence-corrected chi connectivity index (χ0v) is 8.59. The molecule has 0 unspecified atom stereocenters. The van der Waals surface area contributed by atoms with Crippen LogP contribution in [0.25, 0.3) is 0 Å². The average Bonchev–Trinajstić information content (AvgIpc) is 2.98. The quantitative estimate of drug-likeness (QED) is 0.636. The zero-order valence-electron chi connectivity index (χ0n) is 8.59. The van der Waals surface area contributed by atoms with Gasteiger partial charge in [0.15, 0.2) is 0 Å². The highest BCUT2D eigenvalue weighted by molar-refractivity contribution is 5.43. The molecule has 1 aromatic carbocycles. The van der Waals surface area contributed by atoms with Gasteiger partial charge in [-0.2, -0.15) is 4.39 Å². The molecule has 1 N–H and O–H groups in total. The predicted molar refractivity (Wildman–Crippen MR) is 53.0 cm³/mol. The standard InChI is InChI=1S/C10H10F2N2O2/c1-13-10(4-5-10)8-6(11)2-3-7(9(8)12)14(15)16/h2-3,13H,4-5H2,1H3. The largest absolute Gasteiger partial charge is 0.310 e. The van der Waals surface area contributed by atoms with E-state index in [1.165, 1.54) is 0 Å². The molecule has 0 spiro atoms. The Kier molecular flexibility index (Phi) is 2.38. The highest BCUT2D eigenvalue weighted by atomic mass is 19.1.